The Morgan fingerprint density at radius 3 is 2.58 bits per heavy atom. The van der Waals surface area contributed by atoms with Crippen molar-refractivity contribution < 1.29 is 19.1 Å². The summed E-state index contributed by atoms with van der Waals surface area (Å²) in [6.45, 7) is 5.66. The van der Waals surface area contributed by atoms with Gasteiger partial charge in [-0.15, -0.1) is 0 Å². The lowest BCUT2D eigenvalue weighted by atomic mass is 10.2. The smallest absolute Gasteiger partial charge is 0.422 e. The second-order valence-corrected chi connectivity index (χ2v) is 4.87. The largest absolute Gasteiger partial charge is 0.464 e. The van der Waals surface area contributed by atoms with E-state index in [9.17, 15) is 9.59 Å². The first-order valence-electron chi connectivity index (χ1n) is 5.80. The number of H-pyrrole nitrogens is 1. The van der Waals surface area contributed by atoms with Crippen molar-refractivity contribution in [2.75, 3.05) is 7.11 Å². The number of carbonyl (C=O) groups excluding carboxylic acids is 2. The number of rotatable bonds is 4. The van der Waals surface area contributed by atoms with Gasteiger partial charge in [0.25, 0.3) is 0 Å². The van der Waals surface area contributed by atoms with Crippen molar-refractivity contribution in [1.82, 2.24) is 15.8 Å². The molecule has 0 spiro atoms. The summed E-state index contributed by atoms with van der Waals surface area (Å²) in [4.78, 5) is 25.4. The van der Waals surface area contributed by atoms with E-state index >= 15 is 0 Å². The molecule has 0 radical (unpaired) electrons. The van der Waals surface area contributed by atoms with Gasteiger partial charge in [-0.3, -0.25) is 5.43 Å². The zero-order valence-corrected chi connectivity index (χ0v) is 11.5. The second kappa shape index (κ2) is 6.24. The minimum atomic E-state index is -0.563. The van der Waals surface area contributed by atoms with Crippen LogP contribution in [0.2, 0.25) is 0 Å². The molecule has 3 N–H and O–H groups in total. The van der Waals surface area contributed by atoms with E-state index in [1.165, 1.54) is 7.11 Å². The molecule has 0 unspecified atom stereocenters. The number of hydrogen-bond donors (Lipinski definition) is 3. The van der Waals surface area contributed by atoms with E-state index < -0.39 is 17.7 Å². The van der Waals surface area contributed by atoms with Crippen molar-refractivity contribution in [3.8, 4) is 0 Å². The highest BCUT2D eigenvalue weighted by atomic mass is 16.6. The first-order chi connectivity index (χ1) is 8.81. The molecule has 0 aliphatic heterocycles. The van der Waals surface area contributed by atoms with E-state index in [0.717, 1.165) is 5.69 Å². The van der Waals surface area contributed by atoms with Gasteiger partial charge in [-0.1, -0.05) is 0 Å². The van der Waals surface area contributed by atoms with Crippen LogP contribution in [0.4, 0.5) is 4.79 Å². The van der Waals surface area contributed by atoms with Gasteiger partial charge >= 0.3 is 12.1 Å². The van der Waals surface area contributed by atoms with Gasteiger partial charge in [0.05, 0.1) is 13.7 Å². The van der Waals surface area contributed by atoms with E-state index in [-0.39, 0.29) is 0 Å². The molecular formula is C12H19N3O4. The summed E-state index contributed by atoms with van der Waals surface area (Å²) in [5, 5.41) is 0. The number of carbonyl (C=O) groups is 2. The molecular weight excluding hydrogens is 250 g/mol. The molecule has 19 heavy (non-hydrogen) atoms. The van der Waals surface area contributed by atoms with Crippen molar-refractivity contribution >= 4 is 12.1 Å². The molecule has 0 saturated heterocycles. The van der Waals surface area contributed by atoms with Gasteiger partial charge in [-0.2, -0.15) is 0 Å². The van der Waals surface area contributed by atoms with Crippen LogP contribution in [0.25, 0.3) is 0 Å². The normalized spacial score (nSPS) is 10.9. The van der Waals surface area contributed by atoms with E-state index in [1.54, 1.807) is 32.9 Å². The van der Waals surface area contributed by atoms with E-state index in [1.807, 2.05) is 0 Å². The summed E-state index contributed by atoms with van der Waals surface area (Å²) in [5.41, 5.74) is 5.62. The SMILES string of the molecule is COC(=O)c1ccc(CNNC(=O)OC(C)(C)C)[nH]1. The zero-order valence-electron chi connectivity index (χ0n) is 11.5. The molecule has 1 aromatic heterocycles. The molecule has 0 fully saturated rings. The Balaban J connectivity index is 2.35. The minimum absolute atomic E-state index is 0.330. The number of amides is 1. The number of nitrogens with one attached hydrogen (secondary N) is 3. The molecule has 1 rings (SSSR count). The third-order valence-corrected chi connectivity index (χ3v) is 2.02. The summed E-state index contributed by atoms with van der Waals surface area (Å²) in [5.74, 6) is -0.439. The van der Waals surface area contributed by atoms with Crippen molar-refractivity contribution in [2.24, 2.45) is 0 Å². The van der Waals surface area contributed by atoms with Gasteiger partial charge in [-0.05, 0) is 32.9 Å². The first kappa shape index (κ1) is 15.0. The highest BCUT2D eigenvalue weighted by Gasteiger charge is 2.15. The lowest BCUT2D eigenvalue weighted by Crippen LogP contribution is -2.40. The fourth-order valence-electron chi connectivity index (χ4n) is 1.29. The summed E-state index contributed by atoms with van der Waals surface area (Å²) in [7, 11) is 1.31. The number of esters is 1. The fourth-order valence-corrected chi connectivity index (χ4v) is 1.29. The van der Waals surface area contributed by atoms with Crippen LogP contribution in [0.5, 0.6) is 0 Å². The first-order valence-corrected chi connectivity index (χ1v) is 5.80. The Morgan fingerprint density at radius 2 is 2.00 bits per heavy atom. The van der Waals surface area contributed by atoms with Gasteiger partial charge in [0.15, 0.2) is 0 Å². The quantitative estimate of drug-likeness (QED) is 0.566. The third-order valence-electron chi connectivity index (χ3n) is 2.02. The third kappa shape index (κ3) is 5.43. The van der Waals surface area contributed by atoms with Crippen molar-refractivity contribution in [2.45, 2.75) is 32.9 Å². The van der Waals surface area contributed by atoms with Gasteiger partial charge in [0.1, 0.15) is 11.3 Å². The van der Waals surface area contributed by atoms with Crippen LogP contribution < -0.4 is 10.9 Å². The Morgan fingerprint density at radius 1 is 1.32 bits per heavy atom. The summed E-state index contributed by atoms with van der Waals surface area (Å²) >= 11 is 0. The monoisotopic (exact) mass is 269 g/mol. The highest BCUT2D eigenvalue weighted by Crippen LogP contribution is 2.06. The highest BCUT2D eigenvalue weighted by molar-refractivity contribution is 5.87. The molecule has 1 heterocycles. The fraction of sp³-hybridized carbons (Fsp3) is 0.500. The van der Waals surface area contributed by atoms with E-state index in [4.69, 9.17) is 4.74 Å². The molecule has 0 aliphatic carbocycles. The lowest BCUT2D eigenvalue weighted by molar-refractivity contribution is 0.0495. The van der Waals surface area contributed by atoms with Gasteiger partial charge < -0.3 is 14.5 Å². The lowest BCUT2D eigenvalue weighted by Gasteiger charge is -2.19. The molecule has 1 aromatic rings. The maximum atomic E-state index is 11.3. The molecule has 0 aliphatic rings. The standard InChI is InChI=1S/C12H19N3O4/c1-12(2,3)19-11(17)15-13-7-8-5-6-9(14-8)10(16)18-4/h5-6,13-14H,7H2,1-4H3,(H,15,17). The molecule has 0 bridgehead atoms. The molecule has 7 heteroatoms. The number of hydrazine groups is 1. The number of aromatic amines is 1. The summed E-state index contributed by atoms with van der Waals surface area (Å²) < 4.78 is 9.61. The number of methoxy groups -OCH3 is 1. The van der Waals surface area contributed by atoms with Crippen molar-refractivity contribution in [3.63, 3.8) is 0 Å². The number of aromatic nitrogens is 1. The van der Waals surface area contributed by atoms with Crippen molar-refractivity contribution in [1.29, 1.82) is 0 Å². The average Bonchev–Trinajstić information content (AvgIpc) is 2.74. The van der Waals surface area contributed by atoms with E-state index in [0.29, 0.717) is 12.2 Å². The van der Waals surface area contributed by atoms with Gasteiger partial charge in [0.2, 0.25) is 0 Å². The van der Waals surface area contributed by atoms with Crippen LogP contribution in [0.3, 0.4) is 0 Å². The van der Waals surface area contributed by atoms with Crippen LogP contribution in [0.15, 0.2) is 12.1 Å². The molecule has 0 atom stereocenters. The van der Waals surface area contributed by atoms with E-state index in [2.05, 4.69) is 20.6 Å². The Bertz CT molecular complexity index is 448. The van der Waals surface area contributed by atoms with Crippen LogP contribution in [0, 0.1) is 0 Å². The summed E-state index contributed by atoms with van der Waals surface area (Å²) in [6, 6.07) is 3.33. The average molecular weight is 269 g/mol. The molecule has 1 amide bonds. The molecule has 106 valence electrons. The Labute approximate surface area is 111 Å². The second-order valence-electron chi connectivity index (χ2n) is 4.87. The predicted molar refractivity (Wildman–Crippen MR) is 68.3 cm³/mol. The maximum absolute atomic E-state index is 11.3. The van der Waals surface area contributed by atoms with Crippen LogP contribution in [-0.4, -0.2) is 29.8 Å². The van der Waals surface area contributed by atoms with Gasteiger partial charge in [0, 0.05) is 5.69 Å². The number of hydrogen-bond acceptors (Lipinski definition) is 5. The Hall–Kier alpha value is -2.02. The topological polar surface area (TPSA) is 92.5 Å². The molecule has 0 saturated carbocycles. The van der Waals surface area contributed by atoms with Crippen molar-refractivity contribution in [3.05, 3.63) is 23.5 Å². The predicted octanol–water partition coefficient (Wildman–Crippen LogP) is 1.33. The van der Waals surface area contributed by atoms with Gasteiger partial charge in [-0.25, -0.2) is 15.0 Å². The molecule has 7 nitrogen and oxygen atoms in total. The van der Waals surface area contributed by atoms with Crippen LogP contribution in [0.1, 0.15) is 37.0 Å². The van der Waals surface area contributed by atoms with Crippen LogP contribution >= 0.6 is 0 Å². The minimum Gasteiger partial charge on any atom is -0.464 e. The number of ether oxygens (including phenoxy) is 2. The molecule has 0 aromatic carbocycles. The summed E-state index contributed by atoms with van der Waals surface area (Å²) in [6.07, 6.45) is -0.563. The zero-order chi connectivity index (χ0) is 14.5. The Kier molecular flexibility index (Phi) is 4.94. The maximum Gasteiger partial charge on any atom is 0.422 e. The van der Waals surface area contributed by atoms with Crippen LogP contribution in [-0.2, 0) is 16.0 Å².